The summed E-state index contributed by atoms with van der Waals surface area (Å²) >= 11 is 3.23. The summed E-state index contributed by atoms with van der Waals surface area (Å²) in [5.41, 5.74) is 3.43. The normalized spacial score (nSPS) is 12.8. The van der Waals surface area contributed by atoms with E-state index in [1.807, 2.05) is 20.8 Å². The van der Waals surface area contributed by atoms with Crippen LogP contribution in [0.25, 0.3) is 0 Å². The molecule has 0 saturated heterocycles. The van der Waals surface area contributed by atoms with Gasteiger partial charge in [0.05, 0.1) is 20.5 Å². The number of carbonyl (C=O) groups is 1. The third-order valence-corrected chi connectivity index (χ3v) is 8.89. The number of rotatable bonds is 12. The molecule has 0 aliphatic rings. The number of nitrogens with one attached hydrogen (secondary N) is 2. The molecule has 0 spiro atoms. The summed E-state index contributed by atoms with van der Waals surface area (Å²) < 4.78 is 58.6. The van der Waals surface area contributed by atoms with Crippen molar-refractivity contribution in [2.45, 2.75) is 43.0 Å². The fourth-order valence-corrected chi connectivity index (χ4v) is 6.21. The molecule has 12 nitrogen and oxygen atoms in total. The predicted octanol–water partition coefficient (Wildman–Crippen LogP) is 4.28. The zero-order valence-corrected chi connectivity index (χ0v) is 25.4. The van der Waals surface area contributed by atoms with Crippen LogP contribution in [0.4, 0.5) is 5.69 Å². The standard InChI is InChI=1S/C26H27BrN4O8S2/c1-17(2)14-24(30-40(35,36)21-9-4-18(3)5-10-21)26(32)29-28-16-19-6-13-25(23(27)15-19)39-41(37,38)22-11-7-20(8-12-22)31(33)34/h4-13,15-17,24,30H,14H2,1-3H3,(H,29,32)/b28-16-/t24-/m0/s1. The second-order valence-electron chi connectivity index (χ2n) is 9.33. The number of hydrogen-bond acceptors (Lipinski definition) is 9. The molecule has 2 N–H and O–H groups in total. The average molecular weight is 668 g/mol. The molecule has 0 aromatic heterocycles. The van der Waals surface area contributed by atoms with Crippen LogP contribution in [0.15, 0.2) is 86.1 Å². The Hall–Kier alpha value is -3.66. The van der Waals surface area contributed by atoms with E-state index < -0.39 is 37.0 Å². The number of nitro benzene ring substituents is 1. The van der Waals surface area contributed by atoms with Crippen molar-refractivity contribution in [3.63, 3.8) is 0 Å². The lowest BCUT2D eigenvalue weighted by Crippen LogP contribution is -2.46. The minimum Gasteiger partial charge on any atom is -0.378 e. The van der Waals surface area contributed by atoms with Gasteiger partial charge in [-0.1, -0.05) is 31.5 Å². The van der Waals surface area contributed by atoms with Gasteiger partial charge in [0, 0.05) is 12.1 Å². The lowest BCUT2D eigenvalue weighted by Gasteiger charge is -2.19. The Bertz CT molecular complexity index is 1660. The van der Waals surface area contributed by atoms with Crippen LogP contribution >= 0.6 is 15.9 Å². The highest BCUT2D eigenvalue weighted by Gasteiger charge is 2.26. The second-order valence-corrected chi connectivity index (χ2v) is 13.4. The van der Waals surface area contributed by atoms with E-state index in [0.29, 0.717) is 5.56 Å². The molecule has 0 heterocycles. The van der Waals surface area contributed by atoms with Gasteiger partial charge in [0.1, 0.15) is 10.9 Å². The number of nitrogens with zero attached hydrogens (tertiary/aromatic N) is 2. The van der Waals surface area contributed by atoms with Gasteiger partial charge in [-0.05, 0) is 83.2 Å². The SMILES string of the molecule is Cc1ccc(S(=O)(=O)N[C@@H](CC(C)C)C(=O)N/N=C\c2ccc(OS(=O)(=O)c3ccc([N+](=O)[O-])cc3)c(Br)c2)cc1. The summed E-state index contributed by atoms with van der Waals surface area (Å²) in [7, 11) is -8.23. The van der Waals surface area contributed by atoms with E-state index in [0.717, 1.165) is 29.8 Å². The molecule has 0 bridgehead atoms. The first-order chi connectivity index (χ1) is 19.2. The number of hydrazone groups is 1. The van der Waals surface area contributed by atoms with Crippen LogP contribution in [0, 0.1) is 23.0 Å². The molecule has 0 radical (unpaired) electrons. The van der Waals surface area contributed by atoms with Crippen molar-refractivity contribution < 1.29 is 30.7 Å². The minimum absolute atomic E-state index is 0.00114. The molecule has 0 aliphatic heterocycles. The largest absolute Gasteiger partial charge is 0.378 e. The molecule has 41 heavy (non-hydrogen) atoms. The van der Waals surface area contributed by atoms with E-state index >= 15 is 0 Å². The molecule has 15 heteroatoms. The van der Waals surface area contributed by atoms with Gasteiger partial charge in [-0.15, -0.1) is 0 Å². The van der Waals surface area contributed by atoms with E-state index in [9.17, 15) is 31.7 Å². The highest BCUT2D eigenvalue weighted by atomic mass is 79.9. The van der Waals surface area contributed by atoms with Crippen molar-refractivity contribution in [2.24, 2.45) is 11.0 Å². The lowest BCUT2D eigenvalue weighted by atomic mass is 10.0. The first kappa shape index (κ1) is 31.9. The third kappa shape index (κ3) is 8.91. The number of aryl methyl sites for hydroxylation is 1. The van der Waals surface area contributed by atoms with Gasteiger partial charge in [0.2, 0.25) is 10.0 Å². The number of carbonyl (C=O) groups excluding carboxylic acids is 1. The number of hydrogen-bond donors (Lipinski definition) is 2. The zero-order valence-electron chi connectivity index (χ0n) is 22.1. The van der Waals surface area contributed by atoms with Crippen molar-refractivity contribution in [1.29, 1.82) is 0 Å². The Morgan fingerprint density at radius 2 is 1.63 bits per heavy atom. The quantitative estimate of drug-likeness (QED) is 0.125. The van der Waals surface area contributed by atoms with E-state index in [1.165, 1.54) is 36.5 Å². The average Bonchev–Trinajstić information content (AvgIpc) is 2.89. The lowest BCUT2D eigenvalue weighted by molar-refractivity contribution is -0.384. The molecular formula is C26H27BrN4O8S2. The number of amides is 1. The number of nitro groups is 1. The van der Waals surface area contributed by atoms with Gasteiger partial charge >= 0.3 is 10.1 Å². The number of benzene rings is 3. The topological polar surface area (TPSA) is 174 Å². The molecule has 0 saturated carbocycles. The van der Waals surface area contributed by atoms with Crippen LogP contribution in [0.2, 0.25) is 0 Å². The molecule has 3 aromatic rings. The molecular weight excluding hydrogens is 640 g/mol. The van der Waals surface area contributed by atoms with Gasteiger partial charge in [0.25, 0.3) is 11.6 Å². The highest BCUT2D eigenvalue weighted by molar-refractivity contribution is 9.10. The maximum atomic E-state index is 12.8. The van der Waals surface area contributed by atoms with Crippen LogP contribution < -0.4 is 14.3 Å². The Balaban J connectivity index is 1.68. The van der Waals surface area contributed by atoms with Crippen molar-refractivity contribution in [3.8, 4) is 5.75 Å². The monoisotopic (exact) mass is 666 g/mol. The van der Waals surface area contributed by atoms with Gasteiger partial charge in [0.15, 0.2) is 5.75 Å². The van der Waals surface area contributed by atoms with Crippen molar-refractivity contribution in [1.82, 2.24) is 10.1 Å². The van der Waals surface area contributed by atoms with Crippen LogP contribution in [-0.2, 0) is 24.9 Å². The first-order valence-electron chi connectivity index (χ1n) is 12.1. The zero-order chi connectivity index (χ0) is 30.4. The maximum absolute atomic E-state index is 12.8. The molecule has 3 aromatic carbocycles. The summed E-state index contributed by atoms with van der Waals surface area (Å²) in [5, 5.41) is 14.7. The molecule has 0 fully saturated rings. The summed E-state index contributed by atoms with van der Waals surface area (Å²) in [6, 6.07) is 13.7. The van der Waals surface area contributed by atoms with Crippen LogP contribution in [-0.4, -0.2) is 39.9 Å². The summed E-state index contributed by atoms with van der Waals surface area (Å²) in [6.07, 6.45) is 1.52. The fourth-order valence-electron chi connectivity index (χ4n) is 3.47. The maximum Gasteiger partial charge on any atom is 0.339 e. The molecule has 0 unspecified atom stereocenters. The molecule has 1 atom stereocenters. The van der Waals surface area contributed by atoms with Crippen molar-refractivity contribution >= 4 is 53.9 Å². The predicted molar refractivity (Wildman–Crippen MR) is 156 cm³/mol. The third-order valence-electron chi connectivity index (χ3n) is 5.53. The molecule has 218 valence electrons. The Kier molecular flexibility index (Phi) is 10.4. The van der Waals surface area contributed by atoms with Gasteiger partial charge in [-0.25, -0.2) is 13.8 Å². The summed E-state index contributed by atoms with van der Waals surface area (Å²) in [6.45, 7) is 5.54. The Morgan fingerprint density at radius 3 is 2.20 bits per heavy atom. The molecule has 3 rings (SSSR count). The van der Waals surface area contributed by atoms with Gasteiger partial charge in [-0.2, -0.15) is 18.2 Å². The fraction of sp³-hybridized carbons (Fsp3) is 0.231. The van der Waals surface area contributed by atoms with Crippen LogP contribution in [0.1, 0.15) is 31.4 Å². The van der Waals surface area contributed by atoms with Crippen LogP contribution in [0.5, 0.6) is 5.75 Å². The van der Waals surface area contributed by atoms with E-state index in [4.69, 9.17) is 4.18 Å². The van der Waals surface area contributed by atoms with E-state index in [-0.39, 0.29) is 38.0 Å². The molecule has 0 aliphatic carbocycles. The number of sulfonamides is 1. The second kappa shape index (κ2) is 13.3. The van der Waals surface area contributed by atoms with Gasteiger partial charge in [-0.3, -0.25) is 14.9 Å². The van der Waals surface area contributed by atoms with Crippen molar-refractivity contribution in [2.75, 3.05) is 0 Å². The summed E-state index contributed by atoms with van der Waals surface area (Å²) in [5.74, 6) is -0.702. The Morgan fingerprint density at radius 1 is 1.02 bits per heavy atom. The smallest absolute Gasteiger partial charge is 0.339 e. The highest BCUT2D eigenvalue weighted by Crippen LogP contribution is 2.29. The van der Waals surface area contributed by atoms with Crippen LogP contribution in [0.3, 0.4) is 0 Å². The number of non-ortho nitro benzene ring substituents is 1. The first-order valence-corrected chi connectivity index (χ1v) is 15.8. The molecule has 1 amide bonds. The summed E-state index contributed by atoms with van der Waals surface area (Å²) in [4.78, 5) is 22.7. The minimum atomic E-state index is -4.28. The number of halogens is 1. The van der Waals surface area contributed by atoms with Crippen molar-refractivity contribution in [3.05, 3.63) is 92.4 Å². The van der Waals surface area contributed by atoms with E-state index in [1.54, 1.807) is 12.1 Å². The Labute approximate surface area is 246 Å². The van der Waals surface area contributed by atoms with Gasteiger partial charge < -0.3 is 4.18 Å². The van der Waals surface area contributed by atoms with E-state index in [2.05, 4.69) is 31.2 Å².